The largest absolute Gasteiger partial charge is 0.459 e. The molecule has 0 fully saturated rings. The Labute approximate surface area is 127 Å². The van der Waals surface area contributed by atoms with Gasteiger partial charge in [-0.1, -0.05) is 13.0 Å². The predicted octanol–water partition coefficient (Wildman–Crippen LogP) is 2.74. The minimum atomic E-state index is -1.13. The first-order valence-electron chi connectivity index (χ1n) is 7.68. The van der Waals surface area contributed by atoms with Crippen LogP contribution in [-0.4, -0.2) is 34.0 Å². The van der Waals surface area contributed by atoms with Crippen LogP contribution >= 0.6 is 0 Å². The normalized spacial score (nSPS) is 40.6. The van der Waals surface area contributed by atoms with E-state index in [1.165, 1.54) is 12.2 Å². The van der Waals surface area contributed by atoms with Gasteiger partial charge < -0.3 is 14.9 Å². The first kappa shape index (κ1) is 17.9. The zero-order valence-electron chi connectivity index (χ0n) is 13.5. The number of carbonyl (C=O) groups excluding carboxylic acids is 1. The first-order chi connectivity index (χ1) is 9.71. The Balaban J connectivity index is 2.87. The molecule has 0 aliphatic carbocycles. The maximum atomic E-state index is 11.7. The summed E-state index contributed by atoms with van der Waals surface area (Å²) in [6, 6.07) is 0. The lowest BCUT2D eigenvalue weighted by molar-refractivity contribution is -0.144. The van der Waals surface area contributed by atoms with Crippen molar-refractivity contribution in [3.8, 4) is 0 Å². The highest BCUT2D eigenvalue weighted by molar-refractivity contribution is 5.82. The SMILES string of the molecule is C/C1=C\CC[C@H](C)[C@@H](C)OC(=O)/C=C\[C@](C)(O)CC[C@H]1O. The van der Waals surface area contributed by atoms with Crippen LogP contribution in [0.2, 0.25) is 0 Å². The minimum Gasteiger partial charge on any atom is -0.459 e. The number of esters is 1. The summed E-state index contributed by atoms with van der Waals surface area (Å²) in [6.07, 6.45) is 6.63. The van der Waals surface area contributed by atoms with E-state index >= 15 is 0 Å². The lowest BCUT2D eigenvalue weighted by Gasteiger charge is -2.23. The molecule has 0 saturated carbocycles. The summed E-state index contributed by atoms with van der Waals surface area (Å²) in [5, 5.41) is 20.3. The summed E-state index contributed by atoms with van der Waals surface area (Å²) in [7, 11) is 0. The van der Waals surface area contributed by atoms with Crippen LogP contribution in [0, 0.1) is 5.92 Å². The number of cyclic esters (lactones) is 1. The van der Waals surface area contributed by atoms with Gasteiger partial charge in [-0.15, -0.1) is 0 Å². The molecule has 0 aromatic carbocycles. The second-order valence-corrected chi connectivity index (χ2v) is 6.39. The second kappa shape index (κ2) is 7.76. The maximum Gasteiger partial charge on any atom is 0.330 e. The zero-order chi connectivity index (χ0) is 16.0. The van der Waals surface area contributed by atoms with E-state index in [1.807, 2.05) is 26.8 Å². The molecule has 120 valence electrons. The Bertz CT molecular complexity index is 409. The average molecular weight is 296 g/mol. The lowest BCUT2D eigenvalue weighted by atomic mass is 9.93. The Kier molecular flexibility index (Phi) is 6.62. The fourth-order valence-electron chi connectivity index (χ4n) is 2.27. The van der Waals surface area contributed by atoms with Gasteiger partial charge in [0.1, 0.15) is 6.10 Å². The number of aliphatic hydroxyl groups excluding tert-OH is 1. The molecular weight excluding hydrogens is 268 g/mol. The number of hydrogen-bond donors (Lipinski definition) is 2. The van der Waals surface area contributed by atoms with Crippen LogP contribution in [0.3, 0.4) is 0 Å². The molecule has 0 radical (unpaired) electrons. The molecule has 0 spiro atoms. The van der Waals surface area contributed by atoms with Gasteiger partial charge in [0.2, 0.25) is 0 Å². The monoisotopic (exact) mass is 296 g/mol. The molecule has 0 saturated heterocycles. The average Bonchev–Trinajstić information content (AvgIpc) is 2.41. The van der Waals surface area contributed by atoms with E-state index in [1.54, 1.807) is 6.92 Å². The van der Waals surface area contributed by atoms with Crippen molar-refractivity contribution >= 4 is 5.97 Å². The van der Waals surface area contributed by atoms with E-state index in [-0.39, 0.29) is 12.0 Å². The number of hydrogen-bond acceptors (Lipinski definition) is 4. The molecule has 4 nitrogen and oxygen atoms in total. The van der Waals surface area contributed by atoms with Crippen molar-refractivity contribution in [1.82, 2.24) is 0 Å². The van der Waals surface area contributed by atoms with Crippen molar-refractivity contribution in [3.63, 3.8) is 0 Å². The molecule has 0 amide bonds. The Morgan fingerprint density at radius 1 is 1.33 bits per heavy atom. The molecule has 0 bridgehead atoms. The smallest absolute Gasteiger partial charge is 0.330 e. The summed E-state index contributed by atoms with van der Waals surface area (Å²) < 4.78 is 5.34. The molecule has 0 aromatic heterocycles. The lowest BCUT2D eigenvalue weighted by Crippen LogP contribution is -2.25. The molecule has 4 atom stereocenters. The third kappa shape index (κ3) is 6.44. The molecule has 2 N–H and O–H groups in total. The minimum absolute atomic E-state index is 0.173. The van der Waals surface area contributed by atoms with Crippen LogP contribution in [0.15, 0.2) is 23.8 Å². The van der Waals surface area contributed by atoms with Gasteiger partial charge in [-0.05, 0) is 64.0 Å². The Morgan fingerprint density at radius 3 is 2.67 bits per heavy atom. The van der Waals surface area contributed by atoms with E-state index in [4.69, 9.17) is 4.74 Å². The van der Waals surface area contributed by atoms with Crippen molar-refractivity contribution in [2.45, 2.75) is 71.2 Å². The van der Waals surface area contributed by atoms with Gasteiger partial charge in [0.05, 0.1) is 11.7 Å². The molecule has 1 rings (SSSR count). The summed E-state index contributed by atoms with van der Waals surface area (Å²) >= 11 is 0. The number of rotatable bonds is 0. The van der Waals surface area contributed by atoms with Crippen molar-refractivity contribution in [1.29, 1.82) is 0 Å². The van der Waals surface area contributed by atoms with Crippen molar-refractivity contribution in [2.75, 3.05) is 0 Å². The van der Waals surface area contributed by atoms with E-state index in [9.17, 15) is 15.0 Å². The van der Waals surface area contributed by atoms with Crippen LogP contribution in [0.1, 0.15) is 53.4 Å². The highest BCUT2D eigenvalue weighted by Gasteiger charge is 2.21. The molecule has 21 heavy (non-hydrogen) atoms. The molecule has 4 heteroatoms. The molecular formula is C17H28O4. The van der Waals surface area contributed by atoms with Crippen molar-refractivity contribution in [3.05, 3.63) is 23.8 Å². The number of carbonyl (C=O) groups is 1. The molecule has 0 aromatic rings. The fourth-order valence-corrected chi connectivity index (χ4v) is 2.27. The standard InChI is InChI=1S/C17H28O4/c1-12-6-5-7-13(2)15(18)8-10-17(4,20)11-9-16(19)21-14(12)3/h7,9,11-12,14-15,18,20H,5-6,8,10H2,1-4H3/b11-9-,13-7+/t12-,14+,15+,17+/m0/s1. The van der Waals surface area contributed by atoms with Gasteiger partial charge in [-0.25, -0.2) is 4.79 Å². The van der Waals surface area contributed by atoms with Gasteiger partial charge in [-0.3, -0.25) is 0 Å². The number of allylic oxidation sites excluding steroid dienone is 1. The van der Waals surface area contributed by atoms with Crippen LogP contribution in [0.25, 0.3) is 0 Å². The molecule has 1 aliphatic rings. The topological polar surface area (TPSA) is 66.8 Å². The van der Waals surface area contributed by atoms with Crippen LogP contribution < -0.4 is 0 Å². The highest BCUT2D eigenvalue weighted by atomic mass is 16.5. The quantitative estimate of drug-likeness (QED) is 0.533. The summed E-state index contributed by atoms with van der Waals surface area (Å²) in [4.78, 5) is 11.7. The molecule has 1 aliphatic heterocycles. The second-order valence-electron chi connectivity index (χ2n) is 6.39. The van der Waals surface area contributed by atoms with Gasteiger partial charge in [0, 0.05) is 6.08 Å². The van der Waals surface area contributed by atoms with Crippen molar-refractivity contribution in [2.24, 2.45) is 5.92 Å². The maximum absolute atomic E-state index is 11.7. The summed E-state index contributed by atoms with van der Waals surface area (Å²) in [5.74, 6) is -0.189. The van der Waals surface area contributed by atoms with E-state index in [2.05, 4.69) is 0 Å². The number of aliphatic hydroxyl groups is 2. The van der Waals surface area contributed by atoms with Crippen LogP contribution in [-0.2, 0) is 9.53 Å². The van der Waals surface area contributed by atoms with Gasteiger partial charge in [0.15, 0.2) is 0 Å². The first-order valence-corrected chi connectivity index (χ1v) is 7.68. The van der Waals surface area contributed by atoms with Gasteiger partial charge in [0.25, 0.3) is 0 Å². The number of ether oxygens (including phenoxy) is 1. The van der Waals surface area contributed by atoms with E-state index < -0.39 is 17.7 Å². The van der Waals surface area contributed by atoms with E-state index in [0.29, 0.717) is 12.8 Å². The summed E-state index contributed by atoms with van der Waals surface area (Å²) in [5.41, 5.74) is -0.192. The highest BCUT2D eigenvalue weighted by Crippen LogP contribution is 2.21. The fraction of sp³-hybridized carbons (Fsp3) is 0.706. The Morgan fingerprint density at radius 2 is 2.00 bits per heavy atom. The molecule has 1 heterocycles. The Hall–Kier alpha value is -1.13. The van der Waals surface area contributed by atoms with Crippen LogP contribution in [0.5, 0.6) is 0 Å². The van der Waals surface area contributed by atoms with Crippen LogP contribution in [0.4, 0.5) is 0 Å². The zero-order valence-corrected chi connectivity index (χ0v) is 13.5. The third-order valence-corrected chi connectivity index (χ3v) is 4.22. The van der Waals surface area contributed by atoms with Gasteiger partial charge >= 0.3 is 5.97 Å². The predicted molar refractivity (Wildman–Crippen MR) is 82.7 cm³/mol. The third-order valence-electron chi connectivity index (χ3n) is 4.22. The van der Waals surface area contributed by atoms with Crippen molar-refractivity contribution < 1.29 is 19.7 Å². The van der Waals surface area contributed by atoms with E-state index in [0.717, 1.165) is 18.4 Å². The summed E-state index contributed by atoms with van der Waals surface area (Å²) in [6.45, 7) is 7.46. The van der Waals surface area contributed by atoms with Gasteiger partial charge in [-0.2, -0.15) is 0 Å². The molecule has 0 unspecified atom stereocenters.